The molecule has 0 radical (unpaired) electrons. The summed E-state index contributed by atoms with van der Waals surface area (Å²) in [6, 6.07) is 11.1. The summed E-state index contributed by atoms with van der Waals surface area (Å²) >= 11 is 0. The first kappa shape index (κ1) is 20.2. The van der Waals surface area contributed by atoms with Gasteiger partial charge in [0.1, 0.15) is 5.75 Å². The summed E-state index contributed by atoms with van der Waals surface area (Å²) in [6.07, 6.45) is -4.32. The highest BCUT2D eigenvalue weighted by Crippen LogP contribution is 2.63. The molecule has 1 heterocycles. The summed E-state index contributed by atoms with van der Waals surface area (Å²) in [7, 11) is 0. The minimum atomic E-state index is -3.92. The molecule has 1 nitrogen and oxygen atoms in total. The molecule has 0 spiro atoms. The van der Waals surface area contributed by atoms with Crippen LogP contribution in [0.1, 0.15) is 18.1 Å². The molecule has 0 N–H and O–H groups in total. The Kier molecular flexibility index (Phi) is 4.18. The number of ether oxygens (including phenoxy) is 1. The van der Waals surface area contributed by atoms with E-state index in [0.29, 0.717) is 5.56 Å². The van der Waals surface area contributed by atoms with E-state index in [0.717, 1.165) is 5.56 Å². The van der Waals surface area contributed by atoms with Crippen LogP contribution in [0, 0.1) is 36.3 Å². The Morgan fingerprint density at radius 1 is 0.935 bits per heavy atom. The molecule has 1 aliphatic heterocycles. The molecule has 31 heavy (non-hydrogen) atoms. The van der Waals surface area contributed by atoms with Crippen LogP contribution < -0.4 is 4.74 Å². The molecular weight excluding hydrogens is 418 g/mol. The molecule has 162 valence electrons. The maximum absolute atomic E-state index is 15.1. The van der Waals surface area contributed by atoms with Crippen molar-refractivity contribution in [2.45, 2.75) is 32.3 Å². The molecule has 0 amide bonds. The van der Waals surface area contributed by atoms with E-state index in [1.165, 1.54) is 25.1 Å². The standard InChI is InChI=1S/C24H18F6O/c1-11-3-5-13(6-4-11)16-9-14-7-8-15-10-17(19-12(2)23(19,27)28)24(29,30)31-22(15)18(14)21(26)20(16)25/h3-9,12,17,19H,10H2,1-2H3. The highest BCUT2D eigenvalue weighted by molar-refractivity contribution is 5.94. The highest BCUT2D eigenvalue weighted by Gasteiger charge is 2.73. The molecule has 1 saturated carbocycles. The number of hydrogen-bond donors (Lipinski definition) is 0. The Hall–Kier alpha value is -2.70. The second kappa shape index (κ2) is 6.40. The second-order valence-electron chi connectivity index (χ2n) is 8.53. The van der Waals surface area contributed by atoms with Gasteiger partial charge in [-0.3, -0.25) is 0 Å². The van der Waals surface area contributed by atoms with Gasteiger partial charge in [0.05, 0.1) is 11.3 Å². The minimum absolute atomic E-state index is 0.00292. The molecule has 7 heteroatoms. The molecule has 1 aliphatic carbocycles. The van der Waals surface area contributed by atoms with Crippen LogP contribution in [0.25, 0.3) is 21.9 Å². The van der Waals surface area contributed by atoms with E-state index in [1.807, 2.05) is 6.92 Å². The van der Waals surface area contributed by atoms with E-state index in [2.05, 4.69) is 0 Å². The number of rotatable bonds is 2. The molecule has 3 unspecified atom stereocenters. The number of fused-ring (bicyclic) bond motifs is 3. The van der Waals surface area contributed by atoms with Crippen LogP contribution in [0.2, 0.25) is 0 Å². The predicted molar refractivity (Wildman–Crippen MR) is 104 cm³/mol. The smallest absolute Gasteiger partial charge is 0.401 e. The van der Waals surface area contributed by atoms with Gasteiger partial charge in [-0.1, -0.05) is 48.9 Å². The molecule has 3 atom stereocenters. The Balaban J connectivity index is 1.63. The van der Waals surface area contributed by atoms with Gasteiger partial charge >= 0.3 is 6.11 Å². The van der Waals surface area contributed by atoms with E-state index >= 15 is 4.39 Å². The predicted octanol–water partition coefficient (Wildman–Crippen LogP) is 7.14. The number of alkyl halides is 4. The van der Waals surface area contributed by atoms with Gasteiger partial charge in [-0.25, -0.2) is 17.6 Å². The zero-order chi connectivity index (χ0) is 22.3. The van der Waals surface area contributed by atoms with Crippen molar-refractivity contribution in [3.05, 3.63) is 65.2 Å². The summed E-state index contributed by atoms with van der Waals surface area (Å²) in [6.45, 7) is 3.08. The van der Waals surface area contributed by atoms with Crippen molar-refractivity contribution in [2.75, 3.05) is 0 Å². The van der Waals surface area contributed by atoms with Crippen molar-refractivity contribution in [3.8, 4) is 16.9 Å². The summed E-state index contributed by atoms with van der Waals surface area (Å²) < 4.78 is 91.9. The quantitative estimate of drug-likeness (QED) is 0.388. The van der Waals surface area contributed by atoms with Gasteiger partial charge in [-0.05, 0) is 35.9 Å². The van der Waals surface area contributed by atoms with Gasteiger partial charge in [0.2, 0.25) is 0 Å². The van der Waals surface area contributed by atoms with E-state index in [1.54, 1.807) is 24.3 Å². The number of aryl methyl sites for hydroxylation is 1. The minimum Gasteiger partial charge on any atom is -0.431 e. The van der Waals surface area contributed by atoms with Crippen molar-refractivity contribution in [1.29, 1.82) is 0 Å². The maximum Gasteiger partial charge on any atom is 0.401 e. The Morgan fingerprint density at radius 3 is 2.19 bits per heavy atom. The molecular formula is C24H18F6O. The lowest BCUT2D eigenvalue weighted by Gasteiger charge is -2.34. The Labute approximate surface area is 174 Å². The zero-order valence-corrected chi connectivity index (χ0v) is 16.7. The molecule has 1 fully saturated rings. The van der Waals surface area contributed by atoms with E-state index in [4.69, 9.17) is 4.74 Å². The lowest BCUT2D eigenvalue weighted by atomic mass is 9.87. The van der Waals surface area contributed by atoms with Crippen LogP contribution in [-0.4, -0.2) is 12.0 Å². The molecule has 0 bridgehead atoms. The zero-order valence-electron chi connectivity index (χ0n) is 16.7. The monoisotopic (exact) mass is 436 g/mol. The fourth-order valence-corrected chi connectivity index (χ4v) is 4.68. The summed E-state index contributed by atoms with van der Waals surface area (Å²) in [5, 5.41) is -0.216. The molecule has 3 aromatic carbocycles. The first-order valence-electron chi connectivity index (χ1n) is 9.97. The van der Waals surface area contributed by atoms with Gasteiger partial charge < -0.3 is 4.74 Å². The molecule has 0 saturated heterocycles. The molecule has 3 aromatic rings. The average molecular weight is 436 g/mol. The average Bonchev–Trinajstić information content (AvgIpc) is 3.20. The molecule has 2 aliphatic rings. The first-order chi connectivity index (χ1) is 14.5. The van der Waals surface area contributed by atoms with Crippen molar-refractivity contribution in [2.24, 2.45) is 17.8 Å². The van der Waals surface area contributed by atoms with Gasteiger partial charge in [-0.2, -0.15) is 8.78 Å². The van der Waals surface area contributed by atoms with Crippen LogP contribution in [0.4, 0.5) is 26.3 Å². The number of hydrogen-bond acceptors (Lipinski definition) is 1. The van der Waals surface area contributed by atoms with Crippen LogP contribution in [0.15, 0.2) is 42.5 Å². The number of halogens is 6. The number of benzene rings is 3. The third-order valence-electron chi connectivity index (χ3n) is 6.61. The van der Waals surface area contributed by atoms with E-state index in [-0.39, 0.29) is 16.5 Å². The van der Waals surface area contributed by atoms with Crippen LogP contribution in [-0.2, 0) is 6.42 Å². The normalized spacial score (nSPS) is 25.7. The molecule has 5 rings (SSSR count). The van der Waals surface area contributed by atoms with Crippen LogP contribution >= 0.6 is 0 Å². The van der Waals surface area contributed by atoms with Gasteiger partial charge in [0.15, 0.2) is 11.6 Å². The largest absolute Gasteiger partial charge is 0.431 e. The first-order valence-corrected chi connectivity index (χ1v) is 9.97. The topological polar surface area (TPSA) is 9.23 Å². The third kappa shape index (κ3) is 2.92. The summed E-state index contributed by atoms with van der Waals surface area (Å²) in [5.41, 5.74) is 1.55. The van der Waals surface area contributed by atoms with E-state index in [9.17, 15) is 22.0 Å². The lowest BCUT2D eigenvalue weighted by molar-refractivity contribution is -0.232. The maximum atomic E-state index is 15.1. The highest BCUT2D eigenvalue weighted by atomic mass is 19.3. The van der Waals surface area contributed by atoms with E-state index < -0.39 is 59.0 Å². The third-order valence-corrected chi connectivity index (χ3v) is 6.61. The summed E-state index contributed by atoms with van der Waals surface area (Å²) in [5.74, 6) is -10.6. The molecule has 0 aromatic heterocycles. The van der Waals surface area contributed by atoms with Gasteiger partial charge in [0, 0.05) is 17.4 Å². The van der Waals surface area contributed by atoms with Crippen LogP contribution in [0.5, 0.6) is 5.75 Å². The second-order valence-corrected chi connectivity index (χ2v) is 8.53. The fourth-order valence-electron chi connectivity index (χ4n) is 4.68. The Morgan fingerprint density at radius 2 is 1.58 bits per heavy atom. The summed E-state index contributed by atoms with van der Waals surface area (Å²) in [4.78, 5) is 0. The van der Waals surface area contributed by atoms with Crippen molar-refractivity contribution < 1.29 is 31.1 Å². The van der Waals surface area contributed by atoms with Gasteiger partial charge in [-0.15, -0.1) is 0 Å². The fraction of sp³-hybridized carbons (Fsp3) is 0.333. The van der Waals surface area contributed by atoms with Crippen molar-refractivity contribution in [3.63, 3.8) is 0 Å². The Bertz CT molecular complexity index is 1200. The van der Waals surface area contributed by atoms with Crippen molar-refractivity contribution >= 4 is 10.8 Å². The van der Waals surface area contributed by atoms with Crippen molar-refractivity contribution in [1.82, 2.24) is 0 Å². The SMILES string of the molecule is Cc1ccc(-c2cc3ccc4c(c3c(F)c2F)OC(F)(F)C(C2C(C)C2(F)F)C4)cc1. The lowest BCUT2D eigenvalue weighted by Crippen LogP contribution is -2.42. The van der Waals surface area contributed by atoms with Crippen LogP contribution in [0.3, 0.4) is 0 Å². The van der Waals surface area contributed by atoms with Gasteiger partial charge in [0.25, 0.3) is 5.92 Å².